The second-order valence-electron chi connectivity index (χ2n) is 12.0. The van der Waals surface area contributed by atoms with Gasteiger partial charge in [-0.15, -0.1) is 0 Å². The Morgan fingerprint density at radius 3 is 2.51 bits per heavy atom. The SMILES string of the molecule is O=C1NC2(CCOc3cc(N4CCOCC4)ccc3S(=O)(=O)N3C[C@H](O)C[C@@H]13)CCN(CC1CCCC1)CC2. The molecule has 6 rings (SSSR count). The van der Waals surface area contributed by atoms with E-state index in [0.29, 0.717) is 32.0 Å². The summed E-state index contributed by atoms with van der Waals surface area (Å²) in [6, 6.07) is 4.25. The smallest absolute Gasteiger partial charge is 0.247 e. The molecule has 1 spiro atoms. The van der Waals surface area contributed by atoms with E-state index in [-0.39, 0.29) is 23.8 Å². The van der Waals surface area contributed by atoms with Gasteiger partial charge in [-0.05, 0) is 43.7 Å². The number of anilines is 1. The number of nitrogens with zero attached hydrogens (tertiary/aromatic N) is 3. The molecule has 5 aliphatic rings. The number of amides is 1. The van der Waals surface area contributed by atoms with Crippen LogP contribution >= 0.6 is 0 Å². The van der Waals surface area contributed by atoms with Gasteiger partial charge < -0.3 is 29.7 Å². The lowest BCUT2D eigenvalue weighted by atomic mass is 9.83. The molecular weight excluding hydrogens is 520 g/mol. The quantitative estimate of drug-likeness (QED) is 0.571. The van der Waals surface area contributed by atoms with Gasteiger partial charge in [-0.3, -0.25) is 4.79 Å². The summed E-state index contributed by atoms with van der Waals surface area (Å²) >= 11 is 0. The van der Waals surface area contributed by atoms with Crippen molar-refractivity contribution in [2.45, 2.75) is 73.9 Å². The summed E-state index contributed by atoms with van der Waals surface area (Å²) in [5.41, 5.74) is 0.433. The zero-order valence-corrected chi connectivity index (χ0v) is 23.5. The Labute approximate surface area is 231 Å². The third-order valence-electron chi connectivity index (χ3n) is 9.46. The van der Waals surface area contributed by atoms with Gasteiger partial charge in [0.15, 0.2) is 0 Å². The van der Waals surface area contributed by atoms with E-state index in [2.05, 4.69) is 15.1 Å². The van der Waals surface area contributed by atoms with Crippen LogP contribution in [0.5, 0.6) is 5.75 Å². The number of morpholine rings is 1. The van der Waals surface area contributed by atoms with Gasteiger partial charge in [0.2, 0.25) is 15.9 Å². The molecule has 2 N–H and O–H groups in total. The number of nitrogens with one attached hydrogen (secondary N) is 1. The molecule has 0 radical (unpaired) electrons. The minimum absolute atomic E-state index is 0.0498. The van der Waals surface area contributed by atoms with Crippen LogP contribution in [0, 0.1) is 5.92 Å². The van der Waals surface area contributed by atoms with Crippen molar-refractivity contribution in [3.05, 3.63) is 18.2 Å². The largest absolute Gasteiger partial charge is 0.492 e. The predicted molar refractivity (Wildman–Crippen MR) is 146 cm³/mol. The molecule has 216 valence electrons. The van der Waals surface area contributed by atoms with Crippen LogP contribution in [-0.4, -0.2) is 105 Å². The zero-order chi connectivity index (χ0) is 27.0. The Kier molecular flexibility index (Phi) is 7.80. The number of rotatable bonds is 3. The molecule has 3 saturated heterocycles. The van der Waals surface area contributed by atoms with Crippen molar-refractivity contribution in [1.82, 2.24) is 14.5 Å². The van der Waals surface area contributed by atoms with Crippen LogP contribution in [-0.2, 0) is 19.6 Å². The zero-order valence-electron chi connectivity index (χ0n) is 22.7. The Morgan fingerprint density at radius 2 is 1.77 bits per heavy atom. The number of carbonyl (C=O) groups is 1. The van der Waals surface area contributed by atoms with Gasteiger partial charge >= 0.3 is 0 Å². The number of sulfonamides is 1. The molecule has 1 aromatic rings. The van der Waals surface area contributed by atoms with Gasteiger partial charge in [-0.25, -0.2) is 8.42 Å². The molecule has 1 amide bonds. The van der Waals surface area contributed by atoms with Gasteiger partial charge in [0.25, 0.3) is 0 Å². The highest BCUT2D eigenvalue weighted by Gasteiger charge is 2.47. The molecule has 1 aliphatic carbocycles. The van der Waals surface area contributed by atoms with E-state index in [1.807, 2.05) is 6.07 Å². The first-order valence-corrected chi connectivity index (χ1v) is 16.1. The van der Waals surface area contributed by atoms with E-state index in [9.17, 15) is 18.3 Å². The van der Waals surface area contributed by atoms with E-state index in [4.69, 9.17) is 9.47 Å². The molecule has 0 aromatic heterocycles. The summed E-state index contributed by atoms with van der Waals surface area (Å²) in [5, 5.41) is 13.8. The molecule has 39 heavy (non-hydrogen) atoms. The summed E-state index contributed by atoms with van der Waals surface area (Å²) in [5.74, 6) is 0.774. The van der Waals surface area contributed by atoms with E-state index in [0.717, 1.165) is 57.2 Å². The molecule has 1 saturated carbocycles. The fraction of sp³-hybridized carbons (Fsp3) is 0.750. The maximum atomic E-state index is 13.9. The van der Waals surface area contributed by atoms with E-state index in [1.54, 1.807) is 12.1 Å². The summed E-state index contributed by atoms with van der Waals surface area (Å²) in [4.78, 5) is 18.4. The van der Waals surface area contributed by atoms with Gasteiger partial charge in [-0.1, -0.05) is 12.8 Å². The van der Waals surface area contributed by atoms with Crippen LogP contribution < -0.4 is 15.0 Å². The average molecular weight is 563 g/mol. The molecule has 1 aromatic carbocycles. The fourth-order valence-electron chi connectivity index (χ4n) is 7.12. The summed E-state index contributed by atoms with van der Waals surface area (Å²) in [6.45, 7) is 5.84. The average Bonchev–Trinajstić information content (AvgIpc) is 3.60. The predicted octanol–water partition coefficient (Wildman–Crippen LogP) is 1.57. The highest BCUT2D eigenvalue weighted by molar-refractivity contribution is 7.89. The van der Waals surface area contributed by atoms with Crippen molar-refractivity contribution in [3.63, 3.8) is 0 Å². The highest BCUT2D eigenvalue weighted by atomic mass is 32.2. The van der Waals surface area contributed by atoms with E-state index < -0.39 is 27.7 Å². The molecule has 0 bridgehead atoms. The number of fused-ring (bicyclic) bond motifs is 2. The lowest BCUT2D eigenvalue weighted by Crippen LogP contribution is -2.59. The summed E-state index contributed by atoms with van der Waals surface area (Å²) in [6.07, 6.45) is 6.70. The summed E-state index contributed by atoms with van der Waals surface area (Å²) in [7, 11) is -4.08. The van der Waals surface area contributed by atoms with Crippen LogP contribution in [0.4, 0.5) is 5.69 Å². The normalized spacial score (nSPS) is 30.3. The number of likely N-dealkylation sites (tertiary alicyclic amines) is 1. The lowest BCUT2D eigenvalue weighted by Gasteiger charge is -2.43. The van der Waals surface area contributed by atoms with Gasteiger partial charge in [-0.2, -0.15) is 4.31 Å². The van der Waals surface area contributed by atoms with E-state index >= 15 is 0 Å². The summed E-state index contributed by atoms with van der Waals surface area (Å²) < 4.78 is 40.7. The topological polar surface area (TPSA) is 112 Å². The first kappa shape index (κ1) is 27.3. The monoisotopic (exact) mass is 562 g/mol. The number of hydrogen-bond donors (Lipinski definition) is 2. The minimum atomic E-state index is -4.08. The Hall–Kier alpha value is -1.92. The molecule has 10 nitrogen and oxygen atoms in total. The van der Waals surface area contributed by atoms with Crippen LogP contribution in [0.25, 0.3) is 0 Å². The van der Waals surface area contributed by atoms with Crippen molar-refractivity contribution in [2.24, 2.45) is 5.92 Å². The molecule has 4 aliphatic heterocycles. The highest BCUT2D eigenvalue weighted by Crippen LogP contribution is 2.37. The number of benzene rings is 1. The van der Waals surface area contributed by atoms with Crippen LogP contribution in [0.3, 0.4) is 0 Å². The third-order valence-corrected chi connectivity index (χ3v) is 11.4. The number of aliphatic hydroxyl groups excluding tert-OH is 1. The number of hydrogen-bond acceptors (Lipinski definition) is 8. The molecule has 0 unspecified atom stereocenters. The van der Waals surface area contributed by atoms with Crippen LogP contribution in [0.1, 0.15) is 51.4 Å². The number of piperidine rings is 1. The maximum Gasteiger partial charge on any atom is 0.247 e. The maximum absolute atomic E-state index is 13.9. The molecular formula is C28H42N4O6S. The first-order valence-electron chi connectivity index (χ1n) is 14.7. The Balaban J connectivity index is 1.28. The Bertz CT molecular complexity index is 1140. The first-order chi connectivity index (χ1) is 18.8. The van der Waals surface area contributed by atoms with Crippen LogP contribution in [0.2, 0.25) is 0 Å². The second kappa shape index (κ2) is 11.2. The molecule has 4 heterocycles. The van der Waals surface area contributed by atoms with Crippen molar-refractivity contribution in [2.75, 3.05) is 64.0 Å². The fourth-order valence-corrected chi connectivity index (χ4v) is 8.87. The molecule has 4 fully saturated rings. The number of ether oxygens (including phenoxy) is 2. The molecule has 2 atom stereocenters. The van der Waals surface area contributed by atoms with Gasteiger partial charge in [0.05, 0.1) is 25.9 Å². The van der Waals surface area contributed by atoms with Crippen molar-refractivity contribution in [1.29, 1.82) is 0 Å². The van der Waals surface area contributed by atoms with Crippen molar-refractivity contribution < 1.29 is 27.8 Å². The number of aliphatic hydroxyl groups is 1. The second-order valence-corrected chi connectivity index (χ2v) is 13.9. The molecule has 11 heteroatoms. The van der Waals surface area contributed by atoms with Crippen LogP contribution in [0.15, 0.2) is 23.1 Å². The van der Waals surface area contributed by atoms with Gasteiger partial charge in [0.1, 0.15) is 16.7 Å². The third kappa shape index (κ3) is 5.66. The number of carbonyl (C=O) groups excluding carboxylic acids is 1. The Morgan fingerprint density at radius 1 is 1.03 bits per heavy atom. The lowest BCUT2D eigenvalue weighted by molar-refractivity contribution is -0.127. The standard InChI is InChI=1S/C28H42N4O6S/c33-23-18-24-27(34)29-28(7-10-30(11-8-28)19-21-3-1-2-4-21)9-14-38-25-17-22(31-12-15-37-16-13-31)5-6-26(25)39(35,36)32(24)20-23/h5-6,17,21,23-24,33H,1-4,7-16,18-20H2,(H,29,34)/t23-,24+/m1/s1. The van der Waals surface area contributed by atoms with E-state index in [1.165, 1.54) is 30.0 Å². The van der Waals surface area contributed by atoms with Crippen molar-refractivity contribution in [3.8, 4) is 5.75 Å². The van der Waals surface area contributed by atoms with Crippen molar-refractivity contribution >= 4 is 21.6 Å². The minimum Gasteiger partial charge on any atom is -0.492 e. The van der Waals surface area contributed by atoms with Gasteiger partial charge in [0, 0.05) is 69.4 Å².